The summed E-state index contributed by atoms with van der Waals surface area (Å²) in [6, 6.07) is 0.424. The highest BCUT2D eigenvalue weighted by Gasteiger charge is 2.39. The van der Waals surface area contributed by atoms with Crippen molar-refractivity contribution in [3.8, 4) is 17.0 Å². The van der Waals surface area contributed by atoms with E-state index in [2.05, 4.69) is 20.0 Å². The van der Waals surface area contributed by atoms with Crippen LogP contribution >= 0.6 is 0 Å². The number of phenols is 1. The molecule has 2 fully saturated rings. The number of rotatable bonds is 3. The normalized spacial score (nSPS) is 19.8. The van der Waals surface area contributed by atoms with E-state index in [0.717, 1.165) is 19.3 Å². The second kappa shape index (κ2) is 7.79. The van der Waals surface area contributed by atoms with E-state index in [1.165, 1.54) is 17.9 Å². The number of nitrogens with zero attached hydrogens (tertiary/aromatic N) is 5. The van der Waals surface area contributed by atoms with Crippen molar-refractivity contribution in [3.63, 3.8) is 0 Å². The van der Waals surface area contributed by atoms with Gasteiger partial charge in [-0.15, -0.1) is 0 Å². The van der Waals surface area contributed by atoms with Crippen LogP contribution < -0.4 is 4.90 Å². The monoisotopic (exact) mass is 469 g/mol. The average Bonchev–Trinajstić information content (AvgIpc) is 3.06. The van der Waals surface area contributed by atoms with Gasteiger partial charge in [0.05, 0.1) is 30.2 Å². The number of hydrogen-bond acceptors (Lipinski definition) is 6. The molecular weight excluding hydrogens is 449 g/mol. The van der Waals surface area contributed by atoms with Crippen molar-refractivity contribution in [2.24, 2.45) is 13.0 Å². The molecule has 3 heterocycles. The molecule has 1 aliphatic carbocycles. The molecule has 0 spiro atoms. The molecule has 1 saturated carbocycles. The second-order valence-electron chi connectivity index (χ2n) is 8.35. The Morgan fingerprint density at radius 2 is 1.94 bits per heavy atom. The number of morpholine rings is 1. The molecule has 12 heteroatoms. The molecule has 1 N–H and O–H groups in total. The third-order valence-corrected chi connectivity index (χ3v) is 6.42. The Morgan fingerprint density at radius 1 is 1.18 bits per heavy atom. The number of halogens is 5. The summed E-state index contributed by atoms with van der Waals surface area (Å²) in [6.07, 6.45) is -0.420. The van der Waals surface area contributed by atoms with E-state index < -0.39 is 34.7 Å². The zero-order valence-electron chi connectivity index (χ0n) is 17.5. The minimum absolute atomic E-state index is 0.124. The van der Waals surface area contributed by atoms with Crippen LogP contribution in [0.4, 0.5) is 27.9 Å². The number of fused-ring (bicyclic) bond motifs is 1. The summed E-state index contributed by atoms with van der Waals surface area (Å²) in [5.41, 5.74) is -2.44. The summed E-state index contributed by atoms with van der Waals surface area (Å²) in [7, 11) is 1.51. The molecule has 1 saturated heterocycles. The maximum atomic E-state index is 14.6. The van der Waals surface area contributed by atoms with Gasteiger partial charge in [0, 0.05) is 25.4 Å². The van der Waals surface area contributed by atoms with Crippen LogP contribution in [0.3, 0.4) is 0 Å². The average molecular weight is 469 g/mol. The van der Waals surface area contributed by atoms with Gasteiger partial charge in [-0.2, -0.15) is 23.3 Å². The first-order valence-corrected chi connectivity index (χ1v) is 10.5. The van der Waals surface area contributed by atoms with Crippen molar-refractivity contribution < 1.29 is 31.8 Å². The number of ether oxygens (including phenoxy) is 1. The van der Waals surface area contributed by atoms with Crippen LogP contribution in [-0.2, 0) is 18.0 Å². The fourth-order valence-electron chi connectivity index (χ4n) is 4.45. The van der Waals surface area contributed by atoms with E-state index in [9.17, 15) is 27.1 Å². The number of anilines is 1. The molecular formula is C21H20F5N5O2. The molecule has 1 aromatic carbocycles. The van der Waals surface area contributed by atoms with Gasteiger partial charge in [-0.3, -0.25) is 0 Å². The smallest absolute Gasteiger partial charge is 0.419 e. The number of aryl methyl sites for hydroxylation is 1. The zero-order valence-corrected chi connectivity index (χ0v) is 17.5. The van der Waals surface area contributed by atoms with Crippen molar-refractivity contribution in [1.82, 2.24) is 19.7 Å². The van der Waals surface area contributed by atoms with Gasteiger partial charge in [0.1, 0.15) is 5.69 Å². The first-order valence-electron chi connectivity index (χ1n) is 10.5. The van der Waals surface area contributed by atoms with Crippen LogP contribution in [0.1, 0.15) is 24.8 Å². The maximum Gasteiger partial charge on any atom is 0.419 e. The van der Waals surface area contributed by atoms with Crippen LogP contribution in [0, 0.1) is 17.6 Å². The van der Waals surface area contributed by atoms with Crippen molar-refractivity contribution in [2.45, 2.75) is 31.5 Å². The van der Waals surface area contributed by atoms with E-state index in [4.69, 9.17) is 4.74 Å². The first kappa shape index (κ1) is 21.8. The summed E-state index contributed by atoms with van der Waals surface area (Å²) < 4.78 is 75.1. The lowest BCUT2D eigenvalue weighted by atomic mass is 9.79. The number of phenolic OH excluding ortho intramolecular Hbond substituents is 1. The summed E-state index contributed by atoms with van der Waals surface area (Å²) in [4.78, 5) is 11.0. The van der Waals surface area contributed by atoms with Crippen LogP contribution in [0.25, 0.3) is 22.3 Å². The highest BCUT2D eigenvalue weighted by Crippen LogP contribution is 2.41. The molecule has 3 aromatic rings. The Bertz CT molecular complexity index is 1220. The van der Waals surface area contributed by atoms with Crippen LogP contribution in [0.5, 0.6) is 5.75 Å². The Hall–Kier alpha value is -3.02. The van der Waals surface area contributed by atoms with Gasteiger partial charge >= 0.3 is 6.18 Å². The topological polar surface area (TPSA) is 76.3 Å². The summed E-state index contributed by atoms with van der Waals surface area (Å²) >= 11 is 0. The third-order valence-electron chi connectivity index (χ3n) is 6.42. The molecule has 2 aromatic heterocycles. The van der Waals surface area contributed by atoms with Crippen molar-refractivity contribution in [2.75, 3.05) is 24.7 Å². The van der Waals surface area contributed by atoms with Crippen molar-refractivity contribution >= 4 is 17.0 Å². The van der Waals surface area contributed by atoms with E-state index >= 15 is 0 Å². The highest BCUT2D eigenvalue weighted by molar-refractivity contribution is 5.91. The van der Waals surface area contributed by atoms with E-state index in [0.29, 0.717) is 37.7 Å². The predicted octanol–water partition coefficient (Wildman–Crippen LogP) is 4.04. The number of benzene rings is 1. The molecule has 1 aliphatic heterocycles. The van der Waals surface area contributed by atoms with Gasteiger partial charge in [0.2, 0.25) is 5.95 Å². The van der Waals surface area contributed by atoms with Gasteiger partial charge in [-0.25, -0.2) is 18.4 Å². The highest BCUT2D eigenvalue weighted by atomic mass is 19.4. The molecule has 2 aliphatic rings. The third kappa shape index (κ3) is 3.56. The molecule has 0 radical (unpaired) electrons. The minimum atomic E-state index is -5.13. The SMILES string of the molecule is Cn1nc(-c2cc(C(F)(F)F)c(F)c(O)c2F)c2cnc(N3CCOCC3C3CCC3)nc21. The molecule has 0 amide bonds. The maximum absolute atomic E-state index is 14.6. The fourth-order valence-corrected chi connectivity index (χ4v) is 4.45. The number of aromatic hydroxyl groups is 1. The molecule has 0 bridgehead atoms. The number of alkyl halides is 3. The molecule has 176 valence electrons. The van der Waals surface area contributed by atoms with Crippen molar-refractivity contribution in [3.05, 3.63) is 29.5 Å². The predicted molar refractivity (Wildman–Crippen MR) is 108 cm³/mol. The van der Waals surface area contributed by atoms with E-state index in [-0.39, 0.29) is 22.8 Å². The Labute approximate surface area is 184 Å². The lowest BCUT2D eigenvalue weighted by molar-refractivity contribution is -0.140. The molecule has 1 unspecified atom stereocenters. The molecule has 1 atom stereocenters. The number of aromatic nitrogens is 4. The second-order valence-corrected chi connectivity index (χ2v) is 8.35. The van der Waals surface area contributed by atoms with Crippen LogP contribution in [0.2, 0.25) is 0 Å². The summed E-state index contributed by atoms with van der Waals surface area (Å²) in [5, 5.41) is 13.9. The zero-order chi connectivity index (χ0) is 23.5. The quantitative estimate of drug-likeness (QED) is 0.584. The fraction of sp³-hybridized carbons (Fsp3) is 0.476. The van der Waals surface area contributed by atoms with E-state index in [1.807, 2.05) is 0 Å². The lowest BCUT2D eigenvalue weighted by Gasteiger charge is -2.43. The molecule has 33 heavy (non-hydrogen) atoms. The Kier molecular flexibility index (Phi) is 5.15. The summed E-state index contributed by atoms with van der Waals surface area (Å²) in [6.45, 7) is 1.66. The Morgan fingerprint density at radius 3 is 2.61 bits per heavy atom. The molecule has 7 nitrogen and oxygen atoms in total. The van der Waals surface area contributed by atoms with Gasteiger partial charge in [0.25, 0.3) is 0 Å². The lowest BCUT2D eigenvalue weighted by Crippen LogP contribution is -2.52. The largest absolute Gasteiger partial charge is 0.503 e. The van der Waals surface area contributed by atoms with Crippen molar-refractivity contribution in [1.29, 1.82) is 0 Å². The van der Waals surface area contributed by atoms with Gasteiger partial charge < -0.3 is 14.7 Å². The van der Waals surface area contributed by atoms with Gasteiger partial charge in [-0.05, 0) is 24.8 Å². The molecule has 5 rings (SSSR count). The van der Waals surface area contributed by atoms with Gasteiger partial charge in [0.15, 0.2) is 23.0 Å². The summed E-state index contributed by atoms with van der Waals surface area (Å²) in [5.74, 6) is -4.42. The number of hydrogen-bond donors (Lipinski definition) is 1. The standard InChI is InChI=1S/C21H20F5N5O2/c1-30-19-12(8-27-20(28-19)31-5-6-33-9-14(31)10-3-2-4-10)17(29-30)11-7-13(21(24,25)26)16(23)18(32)15(11)22/h7-8,10,14,32H,2-6,9H2,1H3. The van der Waals surface area contributed by atoms with Crippen LogP contribution in [0.15, 0.2) is 12.3 Å². The van der Waals surface area contributed by atoms with Gasteiger partial charge in [-0.1, -0.05) is 6.42 Å². The van der Waals surface area contributed by atoms with E-state index in [1.54, 1.807) is 0 Å². The minimum Gasteiger partial charge on any atom is -0.503 e. The van der Waals surface area contributed by atoms with Crippen LogP contribution in [-0.4, -0.2) is 50.7 Å². The first-order chi connectivity index (χ1) is 15.7. The Balaban J connectivity index is 1.60.